The molecule has 0 radical (unpaired) electrons. The predicted molar refractivity (Wildman–Crippen MR) is 246 cm³/mol. The number of hydrogen-bond donors (Lipinski definition) is 3. The molecule has 6 heterocycles. The summed E-state index contributed by atoms with van der Waals surface area (Å²) >= 11 is 0. The smallest absolute Gasteiger partial charge is 0.312 e. The van der Waals surface area contributed by atoms with Gasteiger partial charge in [-0.25, -0.2) is 4.98 Å². The molecule has 2 saturated heterocycles. The van der Waals surface area contributed by atoms with Crippen molar-refractivity contribution in [3.8, 4) is 17.2 Å². The van der Waals surface area contributed by atoms with Gasteiger partial charge >= 0.3 is 11.8 Å². The van der Waals surface area contributed by atoms with Crippen molar-refractivity contribution in [2.24, 2.45) is 17.8 Å². The molecule has 16 heteroatoms. The van der Waals surface area contributed by atoms with Gasteiger partial charge in [0.25, 0.3) is 11.7 Å². The molecule has 352 valence electrons. The van der Waals surface area contributed by atoms with Crippen LogP contribution >= 0.6 is 0 Å². The predicted octanol–water partition coefficient (Wildman–Crippen LogP) is 7.02. The number of aliphatic hydroxyl groups is 1. The Hall–Kier alpha value is -5.81. The second kappa shape index (κ2) is 18.8. The van der Waals surface area contributed by atoms with Gasteiger partial charge in [0.15, 0.2) is 22.3 Å². The number of rotatable bonds is 6. The molecule has 66 heavy (non-hydrogen) atoms. The lowest BCUT2D eigenvalue weighted by Crippen LogP contribution is -2.46. The van der Waals surface area contributed by atoms with Crippen LogP contribution in [0.2, 0.25) is 0 Å². The number of methoxy groups -OCH3 is 1. The summed E-state index contributed by atoms with van der Waals surface area (Å²) in [5.41, 5.74) is -0.238. The first-order valence-electron chi connectivity index (χ1n) is 22.8. The molecular formula is C50H59N3O13. The lowest BCUT2D eigenvalue weighted by atomic mass is 9.86. The summed E-state index contributed by atoms with van der Waals surface area (Å²) in [5, 5.41) is 26.1. The zero-order valence-corrected chi connectivity index (χ0v) is 38.7. The number of fused-ring (bicyclic) bond motifs is 9. The Labute approximate surface area is 382 Å². The number of carbonyl (C=O) groups is 3. The van der Waals surface area contributed by atoms with E-state index in [4.69, 9.17) is 37.8 Å². The molecule has 9 atom stereocenters. The topological polar surface area (TPSA) is 205 Å². The first-order valence-corrected chi connectivity index (χ1v) is 22.8. The van der Waals surface area contributed by atoms with Crippen LogP contribution in [0.3, 0.4) is 0 Å². The van der Waals surface area contributed by atoms with Crippen LogP contribution in [0.1, 0.15) is 83.1 Å². The molecule has 1 amide bonds. The average Bonchev–Trinajstić information content (AvgIpc) is 3.56. The third kappa shape index (κ3) is 8.67. The zero-order chi connectivity index (χ0) is 47.2. The van der Waals surface area contributed by atoms with Crippen LogP contribution in [0.25, 0.3) is 33.0 Å². The minimum atomic E-state index is -2.03. The second-order valence-electron chi connectivity index (χ2n) is 18.2. The number of phenols is 1. The Morgan fingerprint density at radius 3 is 2.47 bits per heavy atom. The van der Waals surface area contributed by atoms with Gasteiger partial charge in [0.2, 0.25) is 0 Å². The van der Waals surface area contributed by atoms with Crippen LogP contribution in [0.5, 0.6) is 17.2 Å². The number of aromatic hydroxyl groups is 1. The highest BCUT2D eigenvalue weighted by Crippen LogP contribution is 2.48. The van der Waals surface area contributed by atoms with E-state index in [2.05, 4.69) is 10.2 Å². The second-order valence-corrected chi connectivity index (χ2v) is 18.2. The summed E-state index contributed by atoms with van der Waals surface area (Å²) < 4.78 is 43.2. The number of aromatic nitrogens is 1. The number of amides is 1. The monoisotopic (exact) mass is 909 g/mol. The molecule has 0 saturated carbocycles. The quantitative estimate of drug-likeness (QED) is 0.0769. The van der Waals surface area contributed by atoms with E-state index in [1.165, 1.54) is 53.1 Å². The highest BCUT2D eigenvalue weighted by atomic mass is 16.7. The van der Waals surface area contributed by atoms with Gasteiger partial charge in [-0.05, 0) is 58.0 Å². The summed E-state index contributed by atoms with van der Waals surface area (Å²) in [7, 11) is 1.46. The zero-order valence-electron chi connectivity index (χ0n) is 38.7. The number of carbonyl (C=O) groups excluding carboxylic acids is 3. The first-order chi connectivity index (χ1) is 31.5. The van der Waals surface area contributed by atoms with Gasteiger partial charge in [-0.1, -0.05) is 51.8 Å². The SMILES string of the molecule is CO[C@H]1/C=C/O[C@@]2(C)Oc3c(C)c(=O)c4c(O)c(c5oc6cc(OCCN7CCCCCC7)ccc6nc5c4c3C2=O)NC(=O)/C(C)=C\C=C\[C@H](C)[C@@H]2O[C@H]([C@H](O)[C@@H]2C)[C@H](OC(C)=O)[C@@H]1C. The van der Waals surface area contributed by atoms with Crippen LogP contribution in [-0.4, -0.2) is 107 Å². The average molecular weight is 910 g/mol. The standard InChI is InChI=1S/C50H59N3O13/c1-25-14-13-15-26(2)49(59)52-39-42(57)36-35(38-46(39)64-34-24-31(16-17-32(34)51-38)61-23-21-53-19-11-9-10-12-20-53)37-44(28(4)40(36)55)66-50(7,48(37)58)62-22-18-33(60-8)27(3)45(63-30(6)54)47-41(56)29(5)43(25)65-47/h13-18,22,24-25,27,29,33,41,43,45,47,56-57H,9-12,19-21,23H2,1-8H3,(H,52,59)/b14-13+,22-18+,26-15-/t25-,27+,29-,33-,41+,43-,45+,47+,50-/m0/s1. The number of allylic oxidation sites excluding steroid dienone is 2. The summed E-state index contributed by atoms with van der Waals surface area (Å²) in [4.78, 5) is 63.0. The molecule has 0 unspecified atom stereocenters. The van der Waals surface area contributed by atoms with Crippen LogP contribution in [-0.2, 0) is 28.5 Å². The van der Waals surface area contributed by atoms with Crippen molar-refractivity contribution in [1.29, 1.82) is 0 Å². The Kier molecular flexibility index (Phi) is 13.3. The van der Waals surface area contributed by atoms with Crippen molar-refractivity contribution >= 4 is 56.3 Å². The molecule has 2 fully saturated rings. The molecule has 3 aromatic carbocycles. The van der Waals surface area contributed by atoms with E-state index in [1.54, 1.807) is 44.2 Å². The van der Waals surface area contributed by atoms with Crippen molar-refractivity contribution in [3.05, 3.63) is 75.7 Å². The molecule has 9 rings (SSSR count). The minimum absolute atomic E-state index is 0.00818. The van der Waals surface area contributed by atoms with Crippen LogP contribution in [0.15, 0.2) is 63.6 Å². The number of aliphatic hydroxyl groups excluding tert-OH is 1. The van der Waals surface area contributed by atoms with Crippen molar-refractivity contribution in [3.63, 3.8) is 0 Å². The molecule has 0 spiro atoms. The lowest BCUT2D eigenvalue weighted by molar-refractivity contribution is -0.168. The Morgan fingerprint density at radius 1 is 1.02 bits per heavy atom. The molecule has 5 aliphatic rings. The lowest BCUT2D eigenvalue weighted by Gasteiger charge is -2.33. The van der Waals surface area contributed by atoms with E-state index >= 15 is 0 Å². The van der Waals surface area contributed by atoms with Crippen molar-refractivity contribution in [2.75, 3.05) is 38.7 Å². The summed E-state index contributed by atoms with van der Waals surface area (Å²) in [6.45, 7) is 14.5. The first kappa shape index (κ1) is 46.7. The maximum absolute atomic E-state index is 14.8. The number of hydrogen-bond acceptors (Lipinski definition) is 15. The van der Waals surface area contributed by atoms with Gasteiger partial charge in [-0.2, -0.15) is 0 Å². The van der Waals surface area contributed by atoms with E-state index < -0.39 is 71.1 Å². The van der Waals surface area contributed by atoms with Crippen LogP contribution < -0.4 is 20.2 Å². The normalized spacial score (nSPS) is 30.5. The highest BCUT2D eigenvalue weighted by Gasteiger charge is 2.51. The van der Waals surface area contributed by atoms with E-state index in [9.17, 15) is 29.4 Å². The minimum Gasteiger partial charge on any atom is -0.505 e. The van der Waals surface area contributed by atoms with Crippen molar-refractivity contribution < 1.29 is 57.4 Å². The van der Waals surface area contributed by atoms with Gasteiger partial charge in [0.1, 0.15) is 47.0 Å². The fraction of sp³-hybridized carbons (Fsp3) is 0.500. The molecular weight excluding hydrogens is 851 g/mol. The molecule has 1 aromatic heterocycles. The number of anilines is 1. The molecule has 4 aromatic rings. The number of benzene rings is 3. The number of phenolic OH excluding ortho intramolecular Hbond substituents is 1. The number of esters is 1. The largest absolute Gasteiger partial charge is 0.505 e. The maximum atomic E-state index is 14.8. The number of nitrogens with one attached hydrogen (secondary N) is 1. The van der Waals surface area contributed by atoms with E-state index in [-0.39, 0.29) is 67.4 Å². The van der Waals surface area contributed by atoms with Gasteiger partial charge < -0.3 is 48.4 Å². The number of ketones is 1. The molecule has 0 aliphatic carbocycles. The van der Waals surface area contributed by atoms with Gasteiger partial charge in [-0.3, -0.25) is 24.1 Å². The third-order valence-corrected chi connectivity index (χ3v) is 13.6. The van der Waals surface area contributed by atoms with Crippen molar-refractivity contribution in [1.82, 2.24) is 9.88 Å². The highest BCUT2D eigenvalue weighted by molar-refractivity contribution is 6.26. The summed E-state index contributed by atoms with van der Waals surface area (Å²) in [5.74, 6) is -5.39. The van der Waals surface area contributed by atoms with Gasteiger partial charge in [0, 0.05) is 67.8 Å². The van der Waals surface area contributed by atoms with Gasteiger partial charge in [-0.15, -0.1) is 0 Å². The molecule has 5 aliphatic heterocycles. The Morgan fingerprint density at radius 2 is 1.76 bits per heavy atom. The van der Waals surface area contributed by atoms with E-state index in [0.29, 0.717) is 17.9 Å². The molecule has 3 N–H and O–H groups in total. The number of likely N-dealkylation sites (tertiary alicyclic amines) is 1. The fourth-order valence-corrected chi connectivity index (χ4v) is 9.70. The van der Waals surface area contributed by atoms with E-state index in [0.717, 1.165) is 32.5 Å². The van der Waals surface area contributed by atoms with Gasteiger partial charge in [0.05, 0.1) is 35.5 Å². The summed E-state index contributed by atoms with van der Waals surface area (Å²) in [6.07, 6.45) is 8.46. The Balaban J connectivity index is 1.27. The van der Waals surface area contributed by atoms with Crippen molar-refractivity contribution in [2.45, 2.75) is 110 Å². The Bertz CT molecular complexity index is 2720. The van der Waals surface area contributed by atoms with Crippen LogP contribution in [0, 0.1) is 24.7 Å². The van der Waals surface area contributed by atoms with Crippen LogP contribution in [0.4, 0.5) is 5.69 Å². The number of ether oxygens (including phenoxy) is 6. The summed E-state index contributed by atoms with van der Waals surface area (Å²) in [6, 6.07) is 5.14. The fourth-order valence-electron chi connectivity index (χ4n) is 9.70. The van der Waals surface area contributed by atoms with E-state index in [1.807, 2.05) is 19.9 Å². The number of nitrogens with zero attached hydrogens (tertiary/aromatic N) is 2. The number of Topliss-reactive ketones (excluding diaryl/α,β-unsaturated/α-hetero) is 1. The molecule has 7 bridgehead atoms. The third-order valence-electron chi connectivity index (χ3n) is 13.6. The molecule has 16 nitrogen and oxygen atoms in total. The maximum Gasteiger partial charge on any atom is 0.312 e.